The third-order valence-electron chi connectivity index (χ3n) is 7.56. The largest absolute Gasteiger partial charge is 0.504 e. The number of nitrogens with zero attached hydrogens (tertiary/aromatic N) is 2. The van der Waals surface area contributed by atoms with Crippen LogP contribution in [0.2, 0.25) is 5.02 Å². The lowest BCUT2D eigenvalue weighted by atomic mass is 9.99. The summed E-state index contributed by atoms with van der Waals surface area (Å²) in [5.74, 6) is -0.323. The number of hydrogen-bond donors (Lipinski definition) is 6. The van der Waals surface area contributed by atoms with Crippen molar-refractivity contribution >= 4 is 40.5 Å². The number of para-hydroxylation sites is 1. The molecule has 1 saturated heterocycles. The number of nitrogens with one attached hydrogen (secondary N) is 4. The maximum Gasteiger partial charge on any atom is 0.224 e. The molecule has 12 heteroatoms. The van der Waals surface area contributed by atoms with Gasteiger partial charge in [-0.3, -0.25) is 14.6 Å². The Labute approximate surface area is 261 Å². The second kappa shape index (κ2) is 14.0. The van der Waals surface area contributed by atoms with Crippen LogP contribution in [0.15, 0.2) is 65.7 Å². The van der Waals surface area contributed by atoms with Crippen LogP contribution in [0, 0.1) is 0 Å². The lowest BCUT2D eigenvalue weighted by molar-refractivity contribution is -0.121. The van der Waals surface area contributed by atoms with E-state index in [1.54, 1.807) is 6.07 Å². The summed E-state index contributed by atoms with van der Waals surface area (Å²) in [5.41, 5.74) is 10.2. The van der Waals surface area contributed by atoms with Crippen LogP contribution in [0.4, 0.5) is 11.4 Å². The molecule has 0 aromatic heterocycles. The minimum absolute atomic E-state index is 0.0602. The molecule has 2 amide bonds. The van der Waals surface area contributed by atoms with E-state index in [2.05, 4.69) is 33.3 Å². The zero-order chi connectivity index (χ0) is 31.2. The normalized spacial score (nSPS) is 18.9. The fraction of sp³-hybridized carbons (Fsp3) is 0.344. The first-order chi connectivity index (χ1) is 21.2. The number of rotatable bonds is 11. The van der Waals surface area contributed by atoms with Gasteiger partial charge in [0.15, 0.2) is 11.5 Å². The summed E-state index contributed by atoms with van der Waals surface area (Å²) < 4.78 is 6.12. The molecular weight excluding hydrogens is 584 g/mol. The average molecular weight is 621 g/mol. The van der Waals surface area contributed by atoms with Crippen LogP contribution < -0.4 is 31.1 Å². The van der Waals surface area contributed by atoms with Crippen molar-refractivity contribution in [3.8, 4) is 17.2 Å². The van der Waals surface area contributed by atoms with Crippen LogP contribution in [0.25, 0.3) is 0 Å². The first-order valence-corrected chi connectivity index (χ1v) is 15.1. The van der Waals surface area contributed by atoms with Crippen molar-refractivity contribution in [1.82, 2.24) is 16.2 Å². The molecule has 5 rings (SSSR count). The predicted octanol–water partition coefficient (Wildman–Crippen LogP) is 4.27. The molecule has 2 aliphatic heterocycles. The van der Waals surface area contributed by atoms with E-state index < -0.39 is 0 Å². The molecule has 232 valence electrons. The number of ether oxygens (including phenoxy) is 1. The van der Waals surface area contributed by atoms with Gasteiger partial charge < -0.3 is 30.5 Å². The minimum atomic E-state index is -0.380. The van der Waals surface area contributed by atoms with Crippen molar-refractivity contribution in [2.75, 3.05) is 23.4 Å². The highest BCUT2D eigenvalue weighted by molar-refractivity contribution is 6.30. The third-order valence-corrected chi connectivity index (χ3v) is 7.81. The van der Waals surface area contributed by atoms with Gasteiger partial charge in [-0.05, 0) is 69.2 Å². The Morgan fingerprint density at radius 3 is 2.61 bits per heavy atom. The molecule has 6 N–H and O–H groups in total. The number of phenols is 2. The van der Waals surface area contributed by atoms with E-state index >= 15 is 0 Å². The van der Waals surface area contributed by atoms with E-state index in [1.165, 1.54) is 12.1 Å². The number of carbonyl (C=O) groups excluding carboxylic acids is 2. The third kappa shape index (κ3) is 7.07. The topological polar surface area (TPSA) is 148 Å². The summed E-state index contributed by atoms with van der Waals surface area (Å²) in [5, 5.41) is 25.6. The Kier molecular flexibility index (Phi) is 9.89. The van der Waals surface area contributed by atoms with Gasteiger partial charge in [-0.15, -0.1) is 0 Å². The number of unbranched alkanes of at least 4 members (excludes halogenated alkanes) is 1. The molecule has 44 heavy (non-hydrogen) atoms. The number of amides is 2. The second-order valence-electron chi connectivity index (χ2n) is 10.7. The molecule has 3 aromatic rings. The first kappa shape index (κ1) is 31.1. The zero-order valence-corrected chi connectivity index (χ0v) is 25.4. The highest BCUT2D eigenvalue weighted by Gasteiger charge is 2.40. The van der Waals surface area contributed by atoms with Crippen molar-refractivity contribution in [2.45, 2.75) is 57.9 Å². The minimum Gasteiger partial charge on any atom is -0.504 e. The second-order valence-corrected chi connectivity index (χ2v) is 11.2. The molecule has 0 bridgehead atoms. The van der Waals surface area contributed by atoms with Gasteiger partial charge in [0.1, 0.15) is 11.9 Å². The van der Waals surface area contributed by atoms with Gasteiger partial charge in [0.2, 0.25) is 11.8 Å². The van der Waals surface area contributed by atoms with Gasteiger partial charge in [0.25, 0.3) is 0 Å². The van der Waals surface area contributed by atoms with Gasteiger partial charge in [-0.2, -0.15) is 0 Å². The lowest BCUT2D eigenvalue weighted by Crippen LogP contribution is -2.47. The molecule has 2 aliphatic rings. The fourth-order valence-corrected chi connectivity index (χ4v) is 5.55. The molecule has 3 atom stereocenters. The summed E-state index contributed by atoms with van der Waals surface area (Å²) in [6.07, 6.45) is 1.33. The smallest absolute Gasteiger partial charge is 0.224 e. The molecule has 0 radical (unpaired) electrons. The maximum absolute atomic E-state index is 12.7. The maximum atomic E-state index is 12.7. The molecule has 2 heterocycles. The Morgan fingerprint density at radius 2 is 1.84 bits per heavy atom. The molecule has 0 saturated carbocycles. The number of hydrazine groups is 1. The van der Waals surface area contributed by atoms with E-state index in [1.807, 2.05) is 49.4 Å². The highest BCUT2D eigenvalue weighted by atomic mass is 35.5. The average Bonchev–Trinajstić information content (AvgIpc) is 3.32. The Balaban J connectivity index is 1.32. The van der Waals surface area contributed by atoms with Crippen molar-refractivity contribution in [1.29, 1.82) is 0 Å². The van der Waals surface area contributed by atoms with Crippen molar-refractivity contribution in [3.63, 3.8) is 0 Å². The fourth-order valence-electron chi connectivity index (χ4n) is 5.43. The van der Waals surface area contributed by atoms with Gasteiger partial charge in [-0.1, -0.05) is 29.8 Å². The summed E-state index contributed by atoms with van der Waals surface area (Å²) in [6.45, 7) is 4.88. The Morgan fingerprint density at radius 1 is 1.05 bits per heavy atom. The quantitative estimate of drug-likeness (QED) is 0.138. The van der Waals surface area contributed by atoms with E-state index in [4.69, 9.17) is 21.3 Å². The number of hydrogen-bond acceptors (Lipinski definition) is 9. The Hall–Kier alpha value is -4.32. The number of aromatic hydroxyl groups is 2. The first-order valence-electron chi connectivity index (χ1n) is 14.7. The monoisotopic (exact) mass is 620 g/mol. The number of halogens is 1. The van der Waals surface area contributed by atoms with Crippen LogP contribution in [-0.4, -0.2) is 59.3 Å². The van der Waals surface area contributed by atoms with Gasteiger partial charge in [0, 0.05) is 34.8 Å². The number of fused-ring (bicyclic) bond motifs is 3. The molecule has 2 unspecified atom stereocenters. The van der Waals surface area contributed by atoms with E-state index in [0.717, 1.165) is 22.5 Å². The van der Waals surface area contributed by atoms with Gasteiger partial charge in [-0.25, -0.2) is 10.9 Å². The van der Waals surface area contributed by atoms with E-state index in [-0.39, 0.29) is 60.2 Å². The highest BCUT2D eigenvalue weighted by Crippen LogP contribution is 2.36. The molecular formula is C32H37ClN6O5. The Bertz CT molecular complexity index is 1530. The molecule has 11 nitrogen and oxygen atoms in total. The molecule has 0 aliphatic carbocycles. The van der Waals surface area contributed by atoms with Crippen molar-refractivity contribution < 1.29 is 24.5 Å². The van der Waals surface area contributed by atoms with Crippen LogP contribution >= 0.6 is 11.6 Å². The molecule has 0 spiro atoms. The molecule has 3 aromatic carbocycles. The number of carbonyl (C=O) groups is 2. The standard InChI is InChI=1S/C32H37ClN6O5/c1-3-34-29(42)18-25-32-38-37-19(2)39(32)26-15-14-22(17-23(26)30(36-25)20-10-12-21(33)13-11-20)44-16-5-4-9-28(41)35-24-7-6-8-27(40)31(24)43/h6-8,10-15,17,19,25,32,37-38,40,43H,3-5,9,16,18H2,1-2H3,(H,34,42)(H,35,41)/t19?,25-,32?/m0/s1. The summed E-state index contributed by atoms with van der Waals surface area (Å²) in [4.78, 5) is 32.4. The molecule has 1 fully saturated rings. The van der Waals surface area contributed by atoms with Crippen LogP contribution in [0.5, 0.6) is 17.2 Å². The van der Waals surface area contributed by atoms with Crippen molar-refractivity contribution in [2.24, 2.45) is 4.99 Å². The summed E-state index contributed by atoms with van der Waals surface area (Å²) in [7, 11) is 0. The number of benzene rings is 3. The number of aliphatic imine (C=N–C) groups is 1. The van der Waals surface area contributed by atoms with E-state index in [9.17, 15) is 19.8 Å². The lowest BCUT2D eigenvalue weighted by Gasteiger charge is -2.31. The zero-order valence-electron chi connectivity index (χ0n) is 24.6. The number of phenolic OH excluding ortho intramolecular Hbond substituents is 2. The van der Waals surface area contributed by atoms with E-state index in [0.29, 0.717) is 36.8 Å². The SMILES string of the molecule is CCNC(=O)C[C@@H]1N=C(c2ccc(Cl)cc2)c2cc(OCCCCC(=O)Nc3cccc(O)c3O)ccc2N2C(C)NNC12. The van der Waals surface area contributed by atoms with Gasteiger partial charge in [0.05, 0.1) is 36.6 Å². The van der Waals surface area contributed by atoms with Crippen LogP contribution in [0.1, 0.15) is 50.7 Å². The predicted molar refractivity (Wildman–Crippen MR) is 170 cm³/mol. The summed E-state index contributed by atoms with van der Waals surface area (Å²) >= 11 is 6.21. The van der Waals surface area contributed by atoms with Gasteiger partial charge >= 0.3 is 0 Å². The van der Waals surface area contributed by atoms with Crippen LogP contribution in [-0.2, 0) is 9.59 Å². The van der Waals surface area contributed by atoms with Crippen molar-refractivity contribution in [3.05, 3.63) is 76.8 Å². The number of anilines is 2. The summed E-state index contributed by atoms with van der Waals surface area (Å²) in [6, 6.07) is 17.4. The van der Waals surface area contributed by atoms with Crippen LogP contribution in [0.3, 0.4) is 0 Å².